The van der Waals surface area contributed by atoms with Crippen molar-refractivity contribution < 1.29 is 19.0 Å². The van der Waals surface area contributed by atoms with Crippen molar-refractivity contribution in [2.24, 2.45) is 0 Å². The molecule has 1 amide bonds. The van der Waals surface area contributed by atoms with Gasteiger partial charge < -0.3 is 19.5 Å². The molecular formula is C20H22ClNO4. The number of nitrogens with one attached hydrogen (secondary N) is 1. The SMILES string of the molecule is COc1cc(CNC(=O)C2(c3ccc(Cl)cc3)CC2)cc(OC)c1OC. The molecule has 0 saturated heterocycles. The van der Waals surface area contributed by atoms with Gasteiger partial charge in [0.05, 0.1) is 26.7 Å². The molecule has 2 aromatic carbocycles. The summed E-state index contributed by atoms with van der Waals surface area (Å²) in [5.41, 5.74) is 1.44. The van der Waals surface area contributed by atoms with Gasteiger partial charge in [0.15, 0.2) is 11.5 Å². The molecule has 1 aliphatic carbocycles. The van der Waals surface area contributed by atoms with Crippen LogP contribution in [0, 0.1) is 0 Å². The van der Waals surface area contributed by atoms with Gasteiger partial charge in [-0.2, -0.15) is 0 Å². The first kappa shape index (κ1) is 18.4. The number of ether oxygens (including phenoxy) is 3. The largest absolute Gasteiger partial charge is 0.493 e. The van der Waals surface area contributed by atoms with Gasteiger partial charge in [-0.3, -0.25) is 4.79 Å². The summed E-state index contributed by atoms with van der Waals surface area (Å²) in [6, 6.07) is 11.2. The first-order valence-electron chi connectivity index (χ1n) is 8.37. The van der Waals surface area contributed by atoms with Gasteiger partial charge in [0.1, 0.15) is 0 Å². The van der Waals surface area contributed by atoms with Crippen LogP contribution in [0.1, 0.15) is 24.0 Å². The van der Waals surface area contributed by atoms with Crippen molar-refractivity contribution in [2.45, 2.75) is 24.8 Å². The Hall–Kier alpha value is -2.40. The summed E-state index contributed by atoms with van der Waals surface area (Å²) >= 11 is 5.95. The van der Waals surface area contributed by atoms with E-state index in [0.29, 0.717) is 28.8 Å². The molecule has 0 aromatic heterocycles. The maximum absolute atomic E-state index is 12.8. The van der Waals surface area contributed by atoms with E-state index < -0.39 is 5.41 Å². The van der Waals surface area contributed by atoms with Gasteiger partial charge in [0.2, 0.25) is 11.7 Å². The molecule has 3 rings (SSSR count). The molecule has 1 saturated carbocycles. The molecule has 0 spiro atoms. The summed E-state index contributed by atoms with van der Waals surface area (Å²) in [6.07, 6.45) is 1.69. The lowest BCUT2D eigenvalue weighted by atomic mass is 9.95. The van der Waals surface area contributed by atoms with Gasteiger partial charge in [0, 0.05) is 11.6 Å². The Kier molecular flexibility index (Phi) is 5.28. The summed E-state index contributed by atoms with van der Waals surface area (Å²) in [5.74, 6) is 1.68. The van der Waals surface area contributed by atoms with E-state index in [9.17, 15) is 4.79 Å². The molecule has 0 bridgehead atoms. The predicted molar refractivity (Wildman–Crippen MR) is 100 cm³/mol. The van der Waals surface area contributed by atoms with E-state index in [-0.39, 0.29) is 5.91 Å². The Morgan fingerprint density at radius 3 is 2.08 bits per heavy atom. The number of rotatable bonds is 7. The molecule has 0 radical (unpaired) electrons. The number of hydrogen-bond acceptors (Lipinski definition) is 4. The van der Waals surface area contributed by atoms with Crippen molar-refractivity contribution in [1.82, 2.24) is 5.32 Å². The second kappa shape index (κ2) is 7.46. The van der Waals surface area contributed by atoms with Gasteiger partial charge >= 0.3 is 0 Å². The lowest BCUT2D eigenvalue weighted by molar-refractivity contribution is -0.123. The van der Waals surface area contributed by atoms with E-state index in [1.165, 1.54) is 0 Å². The number of amides is 1. The molecule has 0 aliphatic heterocycles. The maximum Gasteiger partial charge on any atom is 0.230 e. The van der Waals surface area contributed by atoms with Gasteiger partial charge in [-0.15, -0.1) is 0 Å². The quantitative estimate of drug-likeness (QED) is 0.801. The third-order valence-electron chi connectivity index (χ3n) is 4.76. The summed E-state index contributed by atoms with van der Waals surface area (Å²) in [4.78, 5) is 12.8. The first-order valence-corrected chi connectivity index (χ1v) is 8.75. The molecule has 1 aliphatic rings. The van der Waals surface area contributed by atoms with Crippen LogP contribution in [0.25, 0.3) is 0 Å². The number of carbonyl (C=O) groups excluding carboxylic acids is 1. The Balaban J connectivity index is 1.74. The second-order valence-corrected chi connectivity index (χ2v) is 6.74. The normalized spacial score (nSPS) is 14.5. The Morgan fingerprint density at radius 1 is 1.04 bits per heavy atom. The van der Waals surface area contributed by atoms with Crippen LogP contribution in [0.15, 0.2) is 36.4 Å². The Labute approximate surface area is 158 Å². The summed E-state index contributed by atoms with van der Waals surface area (Å²) in [5, 5.41) is 3.70. The first-order chi connectivity index (χ1) is 12.5. The molecule has 1 fully saturated rings. The number of methoxy groups -OCH3 is 3. The van der Waals surface area contributed by atoms with Crippen LogP contribution in [-0.2, 0) is 16.8 Å². The third kappa shape index (κ3) is 3.44. The molecule has 138 valence electrons. The van der Waals surface area contributed by atoms with Crippen molar-refractivity contribution in [3.05, 3.63) is 52.5 Å². The van der Waals surface area contributed by atoms with Gasteiger partial charge in [-0.25, -0.2) is 0 Å². The average molecular weight is 376 g/mol. The third-order valence-corrected chi connectivity index (χ3v) is 5.01. The van der Waals surface area contributed by atoms with E-state index in [2.05, 4.69) is 5.32 Å². The topological polar surface area (TPSA) is 56.8 Å². The monoisotopic (exact) mass is 375 g/mol. The van der Waals surface area contributed by atoms with E-state index in [0.717, 1.165) is 24.0 Å². The minimum atomic E-state index is -0.439. The highest BCUT2D eigenvalue weighted by molar-refractivity contribution is 6.30. The number of halogens is 1. The van der Waals surface area contributed by atoms with Crippen LogP contribution in [0.3, 0.4) is 0 Å². The van der Waals surface area contributed by atoms with E-state index in [1.807, 2.05) is 36.4 Å². The molecule has 2 aromatic rings. The molecule has 5 nitrogen and oxygen atoms in total. The molecule has 0 unspecified atom stereocenters. The standard InChI is InChI=1S/C20H22ClNO4/c1-24-16-10-13(11-17(25-2)18(16)26-3)12-22-19(23)20(8-9-20)14-4-6-15(21)7-5-14/h4-7,10-11H,8-9,12H2,1-3H3,(H,22,23). The number of carbonyl (C=O) groups is 1. The molecule has 26 heavy (non-hydrogen) atoms. The zero-order valence-electron chi connectivity index (χ0n) is 15.1. The van der Waals surface area contributed by atoms with Crippen LogP contribution < -0.4 is 19.5 Å². The van der Waals surface area contributed by atoms with Crippen LogP contribution in [0.4, 0.5) is 0 Å². The van der Waals surface area contributed by atoms with Crippen molar-refractivity contribution in [3.63, 3.8) is 0 Å². The smallest absolute Gasteiger partial charge is 0.230 e. The summed E-state index contributed by atoms with van der Waals surface area (Å²) < 4.78 is 16.0. The van der Waals surface area contributed by atoms with E-state index in [4.69, 9.17) is 25.8 Å². The van der Waals surface area contributed by atoms with Crippen LogP contribution >= 0.6 is 11.6 Å². The average Bonchev–Trinajstić information content (AvgIpc) is 3.47. The minimum absolute atomic E-state index is 0.0218. The van der Waals surface area contributed by atoms with Gasteiger partial charge in [-0.1, -0.05) is 23.7 Å². The van der Waals surface area contributed by atoms with Gasteiger partial charge in [0.25, 0.3) is 0 Å². The zero-order valence-corrected chi connectivity index (χ0v) is 15.9. The van der Waals surface area contributed by atoms with Crippen molar-refractivity contribution >= 4 is 17.5 Å². The van der Waals surface area contributed by atoms with Crippen LogP contribution in [-0.4, -0.2) is 27.2 Å². The molecule has 0 atom stereocenters. The highest BCUT2D eigenvalue weighted by atomic mass is 35.5. The zero-order chi connectivity index (χ0) is 18.7. The molecule has 0 heterocycles. The number of benzene rings is 2. The van der Waals surface area contributed by atoms with Crippen molar-refractivity contribution in [2.75, 3.05) is 21.3 Å². The summed E-state index contributed by atoms with van der Waals surface area (Å²) in [6.45, 7) is 0.380. The fourth-order valence-corrected chi connectivity index (χ4v) is 3.26. The van der Waals surface area contributed by atoms with Gasteiger partial charge in [-0.05, 0) is 48.2 Å². The van der Waals surface area contributed by atoms with E-state index in [1.54, 1.807) is 21.3 Å². The fourth-order valence-electron chi connectivity index (χ4n) is 3.13. The molecule has 6 heteroatoms. The maximum atomic E-state index is 12.8. The Bertz CT molecular complexity index is 775. The predicted octanol–water partition coefficient (Wildman–Crippen LogP) is 3.71. The highest BCUT2D eigenvalue weighted by Crippen LogP contribution is 2.48. The van der Waals surface area contributed by atoms with Crippen molar-refractivity contribution in [3.8, 4) is 17.2 Å². The fraction of sp³-hybridized carbons (Fsp3) is 0.350. The van der Waals surface area contributed by atoms with E-state index >= 15 is 0 Å². The minimum Gasteiger partial charge on any atom is -0.493 e. The highest BCUT2D eigenvalue weighted by Gasteiger charge is 2.51. The summed E-state index contributed by atoms with van der Waals surface area (Å²) in [7, 11) is 4.70. The second-order valence-electron chi connectivity index (χ2n) is 6.31. The molecular weight excluding hydrogens is 354 g/mol. The number of hydrogen-bond donors (Lipinski definition) is 1. The lowest BCUT2D eigenvalue weighted by Gasteiger charge is -2.17. The molecule has 1 N–H and O–H groups in total. The Morgan fingerprint density at radius 2 is 1.62 bits per heavy atom. The van der Waals surface area contributed by atoms with Crippen LogP contribution in [0.5, 0.6) is 17.2 Å². The van der Waals surface area contributed by atoms with Crippen LogP contribution in [0.2, 0.25) is 5.02 Å². The van der Waals surface area contributed by atoms with Crippen molar-refractivity contribution in [1.29, 1.82) is 0 Å². The lowest BCUT2D eigenvalue weighted by Crippen LogP contribution is -2.34.